The number of benzene rings is 2. The fourth-order valence-corrected chi connectivity index (χ4v) is 3.67. The van der Waals surface area contributed by atoms with Crippen molar-refractivity contribution >= 4 is 22.6 Å². The van der Waals surface area contributed by atoms with Gasteiger partial charge < -0.3 is 20.1 Å². The summed E-state index contributed by atoms with van der Waals surface area (Å²) in [5.41, 5.74) is 3.32. The van der Waals surface area contributed by atoms with Gasteiger partial charge in [-0.05, 0) is 49.2 Å². The van der Waals surface area contributed by atoms with E-state index in [1.165, 1.54) is 17.0 Å². The lowest BCUT2D eigenvalue weighted by atomic mass is 10.0. The van der Waals surface area contributed by atoms with E-state index in [-0.39, 0.29) is 17.8 Å². The molecule has 0 saturated heterocycles. The second-order valence-corrected chi connectivity index (χ2v) is 8.31. The van der Waals surface area contributed by atoms with Crippen molar-refractivity contribution in [3.8, 4) is 0 Å². The van der Waals surface area contributed by atoms with Crippen LogP contribution in [0.1, 0.15) is 23.1 Å². The van der Waals surface area contributed by atoms with Crippen molar-refractivity contribution in [3.05, 3.63) is 75.3 Å². The van der Waals surface area contributed by atoms with Gasteiger partial charge in [-0.25, -0.2) is 9.18 Å². The molecule has 3 aromatic rings. The van der Waals surface area contributed by atoms with Crippen LogP contribution >= 0.6 is 0 Å². The highest BCUT2D eigenvalue weighted by Gasteiger charge is 2.18. The third-order valence-electron chi connectivity index (χ3n) is 5.26. The average Bonchev–Trinajstić information content (AvgIpc) is 2.69. The highest BCUT2D eigenvalue weighted by atomic mass is 19.1. The number of aromatic nitrogens is 1. The number of amides is 2. The molecule has 3 rings (SSSR count). The van der Waals surface area contributed by atoms with Gasteiger partial charge in [0, 0.05) is 29.4 Å². The second-order valence-electron chi connectivity index (χ2n) is 8.31. The number of fused-ring (bicyclic) bond motifs is 1. The quantitative estimate of drug-likeness (QED) is 0.545. The van der Waals surface area contributed by atoms with E-state index < -0.39 is 11.8 Å². The zero-order chi connectivity index (χ0) is 22.5. The molecule has 31 heavy (non-hydrogen) atoms. The van der Waals surface area contributed by atoms with Gasteiger partial charge in [-0.2, -0.15) is 0 Å². The molecule has 0 aliphatic heterocycles. The number of hydrogen-bond donors (Lipinski definition) is 3. The molecule has 2 amide bonds. The Morgan fingerprint density at radius 2 is 1.90 bits per heavy atom. The predicted molar refractivity (Wildman–Crippen MR) is 122 cm³/mol. The monoisotopic (exact) mass is 425 g/mol. The molecule has 0 aliphatic carbocycles. The SMILES string of the molecule is Cc1cc(C)c2cc(CN(CCC[NH+](C)C)C(=O)Nc3ccccc3F)c(=O)[nH]c2c1. The average molecular weight is 426 g/mol. The molecule has 0 aliphatic rings. The van der Waals surface area contributed by atoms with Gasteiger partial charge in [0.2, 0.25) is 0 Å². The lowest BCUT2D eigenvalue weighted by molar-refractivity contribution is -0.858. The highest BCUT2D eigenvalue weighted by molar-refractivity contribution is 5.89. The normalized spacial score (nSPS) is 11.2. The molecular formula is C24H30FN4O2+. The number of urea groups is 1. The number of H-pyrrole nitrogens is 1. The molecule has 2 aromatic carbocycles. The molecule has 7 heteroatoms. The van der Waals surface area contributed by atoms with Crippen LogP contribution in [0.15, 0.2) is 47.3 Å². The summed E-state index contributed by atoms with van der Waals surface area (Å²) in [5, 5.41) is 3.59. The van der Waals surface area contributed by atoms with Crippen molar-refractivity contribution in [2.45, 2.75) is 26.8 Å². The first kappa shape index (κ1) is 22.5. The van der Waals surface area contributed by atoms with Crippen LogP contribution in [0.5, 0.6) is 0 Å². The van der Waals surface area contributed by atoms with Crippen LogP contribution in [-0.4, -0.2) is 43.1 Å². The molecule has 1 aromatic heterocycles. The fourth-order valence-electron chi connectivity index (χ4n) is 3.67. The highest BCUT2D eigenvalue weighted by Crippen LogP contribution is 2.19. The number of carbonyl (C=O) groups excluding carboxylic acids is 1. The summed E-state index contributed by atoms with van der Waals surface area (Å²) in [4.78, 5) is 31.5. The number of hydrogen-bond acceptors (Lipinski definition) is 2. The van der Waals surface area contributed by atoms with Crippen LogP contribution in [0.3, 0.4) is 0 Å². The Labute approximate surface area is 181 Å². The largest absolute Gasteiger partial charge is 0.340 e. The molecule has 0 bridgehead atoms. The number of quaternary nitrogens is 1. The Morgan fingerprint density at radius 3 is 2.61 bits per heavy atom. The number of carbonyl (C=O) groups is 1. The number of rotatable bonds is 7. The number of aryl methyl sites for hydroxylation is 2. The molecule has 0 radical (unpaired) electrons. The Kier molecular flexibility index (Phi) is 7.07. The molecule has 0 spiro atoms. The maximum atomic E-state index is 14.0. The van der Waals surface area contributed by atoms with E-state index in [0.29, 0.717) is 12.1 Å². The Hall–Kier alpha value is -3.19. The summed E-state index contributed by atoms with van der Waals surface area (Å²) in [6.07, 6.45) is 0.761. The molecule has 1 heterocycles. The molecule has 0 fully saturated rings. The molecule has 0 saturated carbocycles. The first-order valence-corrected chi connectivity index (χ1v) is 10.5. The van der Waals surface area contributed by atoms with Crippen LogP contribution in [-0.2, 0) is 6.54 Å². The summed E-state index contributed by atoms with van der Waals surface area (Å²) in [5.74, 6) is -0.497. The number of aromatic amines is 1. The molecule has 164 valence electrons. The number of anilines is 1. The van der Waals surface area contributed by atoms with Crippen molar-refractivity contribution < 1.29 is 14.1 Å². The van der Waals surface area contributed by atoms with Crippen LogP contribution in [0.2, 0.25) is 0 Å². The minimum Gasteiger partial charge on any atom is -0.340 e. The Balaban J connectivity index is 1.88. The number of nitrogens with zero attached hydrogens (tertiary/aromatic N) is 1. The van der Waals surface area contributed by atoms with Gasteiger partial charge in [-0.1, -0.05) is 18.2 Å². The lowest BCUT2D eigenvalue weighted by Gasteiger charge is -2.23. The van der Waals surface area contributed by atoms with Gasteiger partial charge in [0.25, 0.3) is 5.56 Å². The van der Waals surface area contributed by atoms with Crippen molar-refractivity contribution in [1.82, 2.24) is 9.88 Å². The molecule has 6 nitrogen and oxygen atoms in total. The zero-order valence-corrected chi connectivity index (χ0v) is 18.5. The first-order chi connectivity index (χ1) is 14.7. The second kappa shape index (κ2) is 9.75. The standard InChI is InChI=1S/C24H29FN4O2/c1-16-12-17(2)19-14-18(23(30)26-22(19)13-16)15-29(11-7-10-28(3)4)24(31)27-21-9-6-5-8-20(21)25/h5-6,8-9,12-14H,7,10-11,15H2,1-4H3,(H,26,30)(H,27,31)/p+1. The zero-order valence-electron chi connectivity index (χ0n) is 18.5. The van der Waals surface area contributed by atoms with E-state index in [0.717, 1.165) is 35.0 Å². The van der Waals surface area contributed by atoms with E-state index in [9.17, 15) is 14.0 Å². The van der Waals surface area contributed by atoms with Crippen LogP contribution in [0.25, 0.3) is 10.9 Å². The summed E-state index contributed by atoms with van der Waals surface area (Å²) in [6, 6.07) is 11.5. The third kappa shape index (κ3) is 5.70. The van der Waals surface area contributed by atoms with E-state index >= 15 is 0 Å². The van der Waals surface area contributed by atoms with Gasteiger partial charge in [-0.3, -0.25) is 4.79 Å². The minimum atomic E-state index is -0.497. The molecule has 0 atom stereocenters. The summed E-state index contributed by atoms with van der Waals surface area (Å²) in [6.45, 7) is 5.45. The van der Waals surface area contributed by atoms with Crippen molar-refractivity contribution in [2.24, 2.45) is 0 Å². The van der Waals surface area contributed by atoms with Gasteiger partial charge >= 0.3 is 6.03 Å². The van der Waals surface area contributed by atoms with E-state index in [1.54, 1.807) is 17.0 Å². The summed E-state index contributed by atoms with van der Waals surface area (Å²) >= 11 is 0. The fraction of sp³-hybridized carbons (Fsp3) is 0.333. The van der Waals surface area contributed by atoms with Crippen LogP contribution in [0, 0.1) is 19.7 Å². The van der Waals surface area contributed by atoms with Crippen molar-refractivity contribution in [3.63, 3.8) is 0 Å². The number of halogens is 1. The lowest BCUT2D eigenvalue weighted by Crippen LogP contribution is -3.05. The van der Waals surface area contributed by atoms with Crippen LogP contribution < -0.4 is 15.8 Å². The topological polar surface area (TPSA) is 69.6 Å². The maximum absolute atomic E-state index is 14.0. The number of pyridine rings is 1. The molecule has 3 N–H and O–H groups in total. The third-order valence-corrected chi connectivity index (χ3v) is 5.26. The van der Waals surface area contributed by atoms with Crippen molar-refractivity contribution in [1.29, 1.82) is 0 Å². The smallest absolute Gasteiger partial charge is 0.322 e. The first-order valence-electron chi connectivity index (χ1n) is 10.5. The summed E-state index contributed by atoms with van der Waals surface area (Å²) in [7, 11) is 4.09. The van der Waals surface area contributed by atoms with Crippen LogP contribution in [0.4, 0.5) is 14.9 Å². The number of nitrogens with one attached hydrogen (secondary N) is 3. The van der Waals surface area contributed by atoms with E-state index in [4.69, 9.17) is 0 Å². The summed E-state index contributed by atoms with van der Waals surface area (Å²) < 4.78 is 14.0. The Morgan fingerprint density at radius 1 is 1.16 bits per heavy atom. The molecule has 0 unspecified atom stereocenters. The molecular weight excluding hydrogens is 395 g/mol. The van der Waals surface area contributed by atoms with E-state index in [1.807, 2.05) is 40.1 Å². The van der Waals surface area contributed by atoms with Crippen molar-refractivity contribution in [2.75, 3.05) is 32.5 Å². The van der Waals surface area contributed by atoms with Gasteiger partial charge in [0.1, 0.15) is 5.82 Å². The predicted octanol–water partition coefficient (Wildman–Crippen LogP) is 2.85. The van der Waals surface area contributed by atoms with Gasteiger partial charge in [-0.15, -0.1) is 0 Å². The number of para-hydroxylation sites is 1. The maximum Gasteiger partial charge on any atom is 0.322 e. The minimum absolute atomic E-state index is 0.120. The Bertz CT molecular complexity index is 1140. The van der Waals surface area contributed by atoms with Gasteiger partial charge in [0.05, 0.1) is 32.9 Å². The van der Waals surface area contributed by atoms with E-state index in [2.05, 4.69) is 16.4 Å². The van der Waals surface area contributed by atoms with Gasteiger partial charge in [0.15, 0.2) is 0 Å².